The van der Waals surface area contributed by atoms with Gasteiger partial charge in [-0.1, -0.05) is 32.1 Å². The quantitative estimate of drug-likeness (QED) is 0.900. The first kappa shape index (κ1) is 13.1. The molecule has 0 spiro atoms. The minimum Gasteiger partial charge on any atom is -0.319 e. The molecule has 1 aromatic heterocycles. The van der Waals surface area contributed by atoms with E-state index in [-0.39, 0.29) is 12.1 Å². The van der Waals surface area contributed by atoms with Crippen LogP contribution in [-0.4, -0.2) is 23.4 Å². The summed E-state index contributed by atoms with van der Waals surface area (Å²) in [5.41, 5.74) is 1.25. The maximum absolute atomic E-state index is 12.2. The van der Waals surface area contributed by atoms with Gasteiger partial charge in [0.05, 0.1) is 6.54 Å². The average molecular weight is 278 g/mol. The zero-order valence-electron chi connectivity index (χ0n) is 11.3. The highest BCUT2D eigenvalue weighted by molar-refractivity contribution is 7.07. The summed E-state index contributed by atoms with van der Waals surface area (Å²) in [7, 11) is 0. The van der Waals surface area contributed by atoms with Crippen LogP contribution in [0.1, 0.15) is 56.7 Å². The predicted molar refractivity (Wildman–Crippen MR) is 78.0 cm³/mol. The Bertz CT molecular complexity index is 410. The minimum atomic E-state index is 0.114. The lowest BCUT2D eigenvalue weighted by molar-refractivity contribution is -0.130. The number of thiophene rings is 1. The second-order valence-electron chi connectivity index (χ2n) is 5.64. The zero-order valence-corrected chi connectivity index (χ0v) is 12.1. The van der Waals surface area contributed by atoms with Crippen molar-refractivity contribution >= 4 is 17.2 Å². The van der Waals surface area contributed by atoms with Crippen LogP contribution in [-0.2, 0) is 4.79 Å². The van der Waals surface area contributed by atoms with Crippen LogP contribution in [0.15, 0.2) is 16.8 Å². The van der Waals surface area contributed by atoms with Crippen LogP contribution in [0.5, 0.6) is 0 Å². The topological polar surface area (TPSA) is 32.3 Å². The van der Waals surface area contributed by atoms with Gasteiger partial charge in [0.2, 0.25) is 5.91 Å². The van der Waals surface area contributed by atoms with Gasteiger partial charge < -0.3 is 4.90 Å². The summed E-state index contributed by atoms with van der Waals surface area (Å²) in [5.74, 6) is 0.279. The first-order valence-corrected chi connectivity index (χ1v) is 8.37. The van der Waals surface area contributed by atoms with Crippen molar-refractivity contribution in [2.45, 2.75) is 57.2 Å². The number of carbonyl (C=O) groups excluding carboxylic acids is 1. The average Bonchev–Trinajstić information content (AvgIpc) is 2.98. The van der Waals surface area contributed by atoms with Gasteiger partial charge in [-0.25, -0.2) is 0 Å². The van der Waals surface area contributed by atoms with Crippen molar-refractivity contribution in [2.75, 3.05) is 6.54 Å². The van der Waals surface area contributed by atoms with E-state index in [1.165, 1.54) is 50.5 Å². The maximum Gasteiger partial charge on any atom is 0.238 e. The number of carbonyl (C=O) groups is 1. The molecular formula is C15H22N2OS. The molecule has 2 aliphatic rings. The maximum atomic E-state index is 12.2. The zero-order chi connectivity index (χ0) is 13.1. The standard InChI is InChI=1S/C15H22N2OS/c18-14-10-16-15(12-8-9-19-11-12)17(14)13-6-4-2-1-3-5-7-13/h8-9,11,13,15-16H,1-7,10H2. The molecule has 1 amide bonds. The molecule has 3 rings (SSSR count). The van der Waals surface area contributed by atoms with E-state index in [0.29, 0.717) is 12.6 Å². The van der Waals surface area contributed by atoms with Crippen LogP contribution >= 0.6 is 11.3 Å². The Kier molecular flexibility index (Phi) is 4.18. The van der Waals surface area contributed by atoms with Crippen molar-refractivity contribution in [1.29, 1.82) is 0 Å². The molecule has 19 heavy (non-hydrogen) atoms. The van der Waals surface area contributed by atoms with Gasteiger partial charge in [0.1, 0.15) is 6.17 Å². The van der Waals surface area contributed by atoms with Crippen LogP contribution in [0.4, 0.5) is 0 Å². The van der Waals surface area contributed by atoms with Crippen LogP contribution in [0, 0.1) is 0 Å². The number of hydrogen-bond acceptors (Lipinski definition) is 3. The molecule has 104 valence electrons. The first-order chi connectivity index (χ1) is 9.36. The van der Waals surface area contributed by atoms with E-state index >= 15 is 0 Å². The van der Waals surface area contributed by atoms with Crippen molar-refractivity contribution in [1.82, 2.24) is 10.2 Å². The lowest BCUT2D eigenvalue weighted by Crippen LogP contribution is -2.39. The summed E-state index contributed by atoms with van der Waals surface area (Å²) in [5, 5.41) is 7.63. The summed E-state index contributed by atoms with van der Waals surface area (Å²) in [6.45, 7) is 0.497. The third-order valence-electron chi connectivity index (χ3n) is 4.34. The van der Waals surface area contributed by atoms with E-state index in [9.17, 15) is 4.79 Å². The summed E-state index contributed by atoms with van der Waals surface area (Å²) in [6.07, 6.45) is 9.03. The summed E-state index contributed by atoms with van der Waals surface area (Å²) in [6, 6.07) is 2.57. The number of nitrogens with one attached hydrogen (secondary N) is 1. The Morgan fingerprint density at radius 3 is 2.58 bits per heavy atom. The molecule has 0 bridgehead atoms. The highest BCUT2D eigenvalue weighted by atomic mass is 32.1. The van der Waals surface area contributed by atoms with E-state index in [1.807, 2.05) is 0 Å². The molecule has 1 atom stereocenters. The predicted octanol–water partition coefficient (Wildman–Crippen LogP) is 3.29. The fourth-order valence-electron chi connectivity index (χ4n) is 3.35. The van der Waals surface area contributed by atoms with Crippen LogP contribution < -0.4 is 5.32 Å². The van der Waals surface area contributed by atoms with Crippen LogP contribution in [0.25, 0.3) is 0 Å². The Morgan fingerprint density at radius 2 is 1.89 bits per heavy atom. The molecule has 1 saturated carbocycles. The van der Waals surface area contributed by atoms with Gasteiger partial charge in [-0.3, -0.25) is 10.1 Å². The van der Waals surface area contributed by atoms with E-state index in [1.54, 1.807) is 11.3 Å². The molecule has 3 nitrogen and oxygen atoms in total. The minimum absolute atomic E-state index is 0.114. The number of hydrogen-bond donors (Lipinski definition) is 1. The number of rotatable bonds is 2. The molecule has 0 radical (unpaired) electrons. The van der Waals surface area contributed by atoms with Gasteiger partial charge in [0, 0.05) is 6.04 Å². The van der Waals surface area contributed by atoms with Crippen molar-refractivity contribution in [3.05, 3.63) is 22.4 Å². The van der Waals surface area contributed by atoms with Crippen molar-refractivity contribution in [3.8, 4) is 0 Å². The van der Waals surface area contributed by atoms with E-state index in [4.69, 9.17) is 0 Å². The summed E-state index contributed by atoms with van der Waals surface area (Å²) in [4.78, 5) is 14.4. The molecule has 4 heteroatoms. The Hall–Kier alpha value is -0.870. The highest BCUT2D eigenvalue weighted by Crippen LogP contribution is 2.31. The highest BCUT2D eigenvalue weighted by Gasteiger charge is 2.36. The van der Waals surface area contributed by atoms with Gasteiger partial charge in [-0.2, -0.15) is 11.3 Å². The van der Waals surface area contributed by atoms with Gasteiger partial charge >= 0.3 is 0 Å². The van der Waals surface area contributed by atoms with Gasteiger partial charge in [0.25, 0.3) is 0 Å². The molecule has 1 unspecified atom stereocenters. The summed E-state index contributed by atoms with van der Waals surface area (Å²) >= 11 is 1.71. The molecular weight excluding hydrogens is 256 g/mol. The van der Waals surface area contributed by atoms with Crippen molar-refractivity contribution in [2.24, 2.45) is 0 Å². The molecule has 2 heterocycles. The molecule has 1 aromatic rings. The summed E-state index contributed by atoms with van der Waals surface area (Å²) < 4.78 is 0. The molecule has 1 aliphatic heterocycles. The lowest BCUT2D eigenvalue weighted by Gasteiger charge is -2.33. The number of nitrogens with zero attached hydrogens (tertiary/aromatic N) is 1. The monoisotopic (exact) mass is 278 g/mol. The first-order valence-electron chi connectivity index (χ1n) is 7.43. The normalized spacial score (nSPS) is 26.4. The molecule has 1 aliphatic carbocycles. The van der Waals surface area contributed by atoms with E-state index in [2.05, 4.69) is 27.0 Å². The second-order valence-corrected chi connectivity index (χ2v) is 6.42. The SMILES string of the molecule is O=C1CNC(c2ccsc2)N1C1CCCCCCC1. The number of amides is 1. The molecule has 1 saturated heterocycles. The Morgan fingerprint density at radius 1 is 1.16 bits per heavy atom. The van der Waals surface area contributed by atoms with E-state index < -0.39 is 0 Å². The van der Waals surface area contributed by atoms with Gasteiger partial charge in [-0.15, -0.1) is 0 Å². The molecule has 0 aromatic carbocycles. The van der Waals surface area contributed by atoms with Crippen molar-refractivity contribution < 1.29 is 4.79 Å². The van der Waals surface area contributed by atoms with Crippen LogP contribution in [0.2, 0.25) is 0 Å². The largest absolute Gasteiger partial charge is 0.319 e. The second kappa shape index (κ2) is 6.06. The lowest BCUT2D eigenvalue weighted by atomic mass is 9.95. The van der Waals surface area contributed by atoms with Crippen molar-refractivity contribution in [3.63, 3.8) is 0 Å². The van der Waals surface area contributed by atoms with Crippen LogP contribution in [0.3, 0.4) is 0 Å². The van der Waals surface area contributed by atoms with Gasteiger partial charge in [-0.05, 0) is 35.2 Å². The smallest absolute Gasteiger partial charge is 0.238 e. The Balaban J connectivity index is 1.77. The molecule has 1 N–H and O–H groups in total. The third-order valence-corrected chi connectivity index (χ3v) is 5.04. The van der Waals surface area contributed by atoms with E-state index in [0.717, 1.165) is 0 Å². The Labute approximate surface area is 119 Å². The third kappa shape index (κ3) is 2.84. The molecule has 2 fully saturated rings. The van der Waals surface area contributed by atoms with Gasteiger partial charge in [0.15, 0.2) is 0 Å². The fraction of sp³-hybridized carbons (Fsp3) is 0.667. The fourth-order valence-corrected chi connectivity index (χ4v) is 4.03.